The highest BCUT2D eigenvalue weighted by atomic mass is 17.1. The van der Waals surface area contributed by atoms with Crippen molar-refractivity contribution in [1.82, 2.24) is 0 Å². The summed E-state index contributed by atoms with van der Waals surface area (Å²) in [6.45, 7) is 0. The minimum absolute atomic E-state index is 0.0924. The molecule has 0 heterocycles. The van der Waals surface area contributed by atoms with Gasteiger partial charge in [-0.2, -0.15) is 0 Å². The number of hydrogen-bond acceptors (Lipinski definition) is 3. The second-order valence-corrected chi connectivity index (χ2v) is 2.71. The molecule has 1 aliphatic rings. The van der Waals surface area contributed by atoms with Gasteiger partial charge in [0.1, 0.15) is 6.10 Å². The van der Waals surface area contributed by atoms with Gasteiger partial charge in [0.25, 0.3) is 0 Å². The maximum atomic E-state index is 10.3. The lowest BCUT2D eigenvalue weighted by Gasteiger charge is -2.19. The average molecular weight is 159 g/mol. The number of hydrogen-bond donors (Lipinski definition) is 0. The molecule has 0 N–H and O–H groups in total. The zero-order chi connectivity index (χ0) is 8.10. The van der Waals surface area contributed by atoms with Gasteiger partial charge in [0, 0.05) is 5.26 Å². The molecular formula is C7H11O4. The van der Waals surface area contributed by atoms with Crippen molar-refractivity contribution in [2.75, 3.05) is 0 Å². The van der Waals surface area contributed by atoms with E-state index in [1.807, 2.05) is 0 Å². The summed E-state index contributed by atoms with van der Waals surface area (Å²) in [5.41, 5.74) is 0. The fraction of sp³-hybridized carbons (Fsp3) is 0.857. The summed E-state index contributed by atoms with van der Waals surface area (Å²) in [6, 6.07) is 0. The quantitative estimate of drug-likeness (QED) is 0.333. The van der Waals surface area contributed by atoms with Gasteiger partial charge >= 0.3 is 6.16 Å². The summed E-state index contributed by atoms with van der Waals surface area (Å²) in [5.74, 6) is 0. The Morgan fingerprint density at radius 3 is 2.36 bits per heavy atom. The predicted molar refractivity (Wildman–Crippen MR) is 35.1 cm³/mol. The lowest BCUT2D eigenvalue weighted by atomic mass is 9.98. The molecule has 0 saturated heterocycles. The molecule has 0 bridgehead atoms. The largest absolute Gasteiger partial charge is 0.543 e. The topological polar surface area (TPSA) is 55.4 Å². The number of ether oxygens (including phenoxy) is 1. The van der Waals surface area contributed by atoms with Crippen LogP contribution < -0.4 is 0 Å². The van der Waals surface area contributed by atoms with Crippen LogP contribution in [0.3, 0.4) is 0 Å². The summed E-state index contributed by atoms with van der Waals surface area (Å²) >= 11 is 0. The van der Waals surface area contributed by atoms with Gasteiger partial charge in [-0.05, 0) is 25.7 Å². The van der Waals surface area contributed by atoms with Crippen LogP contribution in [0.15, 0.2) is 0 Å². The van der Waals surface area contributed by atoms with E-state index in [4.69, 9.17) is 0 Å². The van der Waals surface area contributed by atoms with Crippen LogP contribution in [0.1, 0.15) is 32.1 Å². The van der Waals surface area contributed by atoms with Gasteiger partial charge in [0.15, 0.2) is 0 Å². The summed E-state index contributed by atoms with van der Waals surface area (Å²) in [4.78, 5) is 13.5. The summed E-state index contributed by atoms with van der Waals surface area (Å²) in [6.07, 6.45) is 3.84. The van der Waals surface area contributed by atoms with Gasteiger partial charge in [0.2, 0.25) is 0 Å². The van der Waals surface area contributed by atoms with Crippen LogP contribution in [0.4, 0.5) is 4.79 Å². The van der Waals surface area contributed by atoms with E-state index in [0.29, 0.717) is 0 Å². The van der Waals surface area contributed by atoms with E-state index in [1.165, 1.54) is 6.42 Å². The van der Waals surface area contributed by atoms with Crippen molar-refractivity contribution >= 4 is 6.16 Å². The molecular weight excluding hydrogens is 148 g/mol. The fourth-order valence-electron chi connectivity index (χ4n) is 1.34. The van der Waals surface area contributed by atoms with E-state index in [2.05, 4.69) is 9.62 Å². The van der Waals surface area contributed by atoms with Crippen LogP contribution in [0.5, 0.6) is 0 Å². The highest BCUT2D eigenvalue weighted by Gasteiger charge is 2.18. The summed E-state index contributed by atoms with van der Waals surface area (Å²) in [5, 5.41) is 9.53. The lowest BCUT2D eigenvalue weighted by molar-refractivity contribution is -0.264. The van der Waals surface area contributed by atoms with Crippen molar-refractivity contribution in [2.45, 2.75) is 38.2 Å². The standard InChI is InChI=1S/C7H11O4/c8-7(11-9)10-6-4-2-1-3-5-6/h6H,1-5H2. The van der Waals surface area contributed by atoms with Gasteiger partial charge in [0.05, 0.1) is 0 Å². The predicted octanol–water partition coefficient (Wildman–Crippen LogP) is 1.82. The Bertz CT molecular complexity index is 128. The van der Waals surface area contributed by atoms with Crippen molar-refractivity contribution in [3.8, 4) is 0 Å². The third-order valence-electron chi connectivity index (χ3n) is 1.88. The molecule has 4 nitrogen and oxygen atoms in total. The molecule has 0 unspecified atom stereocenters. The van der Waals surface area contributed by atoms with E-state index in [1.54, 1.807) is 0 Å². The SMILES string of the molecule is [O]OC(=O)OC1CCCCC1. The molecule has 0 aliphatic heterocycles. The van der Waals surface area contributed by atoms with E-state index in [9.17, 15) is 10.1 Å². The molecule has 1 radical (unpaired) electrons. The van der Waals surface area contributed by atoms with Crippen LogP contribution in [-0.2, 0) is 14.9 Å². The number of carbonyl (C=O) groups is 1. The first-order chi connectivity index (χ1) is 5.33. The van der Waals surface area contributed by atoms with Gasteiger partial charge in [-0.3, -0.25) is 0 Å². The third kappa shape index (κ3) is 2.76. The first-order valence-corrected chi connectivity index (χ1v) is 3.83. The Morgan fingerprint density at radius 1 is 1.18 bits per heavy atom. The van der Waals surface area contributed by atoms with Crippen molar-refractivity contribution in [3.05, 3.63) is 0 Å². The van der Waals surface area contributed by atoms with Crippen LogP contribution in [-0.4, -0.2) is 12.3 Å². The second kappa shape index (κ2) is 4.18. The van der Waals surface area contributed by atoms with Crippen LogP contribution >= 0.6 is 0 Å². The molecule has 0 aromatic rings. The highest BCUT2D eigenvalue weighted by molar-refractivity contribution is 5.59. The molecule has 63 valence electrons. The summed E-state index contributed by atoms with van der Waals surface area (Å²) < 4.78 is 4.67. The molecule has 1 fully saturated rings. The maximum Gasteiger partial charge on any atom is 0.543 e. The first kappa shape index (κ1) is 8.33. The maximum absolute atomic E-state index is 10.3. The van der Waals surface area contributed by atoms with Gasteiger partial charge in [-0.1, -0.05) is 6.42 Å². The molecule has 0 spiro atoms. The normalized spacial score (nSPS) is 19.4. The smallest absolute Gasteiger partial charge is 0.429 e. The zero-order valence-corrected chi connectivity index (χ0v) is 6.25. The van der Waals surface area contributed by atoms with Crippen molar-refractivity contribution < 1.29 is 19.7 Å². The molecule has 0 aromatic carbocycles. The molecule has 0 amide bonds. The van der Waals surface area contributed by atoms with Crippen LogP contribution in [0, 0.1) is 0 Å². The van der Waals surface area contributed by atoms with Crippen LogP contribution in [0.25, 0.3) is 0 Å². The Kier molecular flexibility index (Phi) is 3.16. The molecule has 1 saturated carbocycles. The fourth-order valence-corrected chi connectivity index (χ4v) is 1.34. The van der Waals surface area contributed by atoms with E-state index < -0.39 is 6.16 Å². The van der Waals surface area contributed by atoms with E-state index in [-0.39, 0.29) is 6.10 Å². The lowest BCUT2D eigenvalue weighted by Crippen LogP contribution is -2.20. The summed E-state index contributed by atoms with van der Waals surface area (Å²) in [7, 11) is 0. The van der Waals surface area contributed by atoms with Crippen molar-refractivity contribution in [3.63, 3.8) is 0 Å². The third-order valence-corrected chi connectivity index (χ3v) is 1.88. The second-order valence-electron chi connectivity index (χ2n) is 2.71. The zero-order valence-electron chi connectivity index (χ0n) is 6.25. The minimum atomic E-state index is -1.10. The van der Waals surface area contributed by atoms with Crippen molar-refractivity contribution in [1.29, 1.82) is 0 Å². The van der Waals surface area contributed by atoms with Gasteiger partial charge in [-0.25, -0.2) is 9.68 Å². The Morgan fingerprint density at radius 2 is 1.82 bits per heavy atom. The highest BCUT2D eigenvalue weighted by Crippen LogP contribution is 2.20. The average Bonchev–Trinajstić information content (AvgIpc) is 2.06. The molecule has 1 rings (SSSR count). The molecule has 0 aromatic heterocycles. The van der Waals surface area contributed by atoms with E-state index in [0.717, 1.165) is 25.7 Å². The Labute approximate surface area is 65.0 Å². The van der Waals surface area contributed by atoms with Gasteiger partial charge in [-0.15, -0.1) is 0 Å². The minimum Gasteiger partial charge on any atom is -0.429 e. The number of rotatable bonds is 1. The molecule has 1 aliphatic carbocycles. The molecule has 4 heteroatoms. The first-order valence-electron chi connectivity index (χ1n) is 3.83. The monoisotopic (exact) mass is 159 g/mol. The van der Waals surface area contributed by atoms with E-state index >= 15 is 0 Å². The van der Waals surface area contributed by atoms with Gasteiger partial charge < -0.3 is 4.74 Å². The van der Waals surface area contributed by atoms with Crippen LogP contribution in [0.2, 0.25) is 0 Å². The van der Waals surface area contributed by atoms with Crippen molar-refractivity contribution in [2.24, 2.45) is 0 Å². The number of carbonyl (C=O) groups excluding carboxylic acids is 1. The molecule has 0 atom stereocenters. The Hall–Kier alpha value is -0.770. The molecule has 11 heavy (non-hydrogen) atoms. The Balaban J connectivity index is 2.19.